The predicted octanol–water partition coefficient (Wildman–Crippen LogP) is 2.41. The van der Waals surface area contributed by atoms with Crippen molar-refractivity contribution in [2.45, 2.75) is 52.5 Å². The summed E-state index contributed by atoms with van der Waals surface area (Å²) in [6.07, 6.45) is 7.01. The quantitative estimate of drug-likeness (QED) is 0.911. The van der Waals surface area contributed by atoms with Crippen molar-refractivity contribution in [1.29, 1.82) is 0 Å². The number of hydrogen-bond donors (Lipinski definition) is 1. The van der Waals surface area contributed by atoms with E-state index in [0.29, 0.717) is 17.4 Å². The third kappa shape index (κ3) is 3.56. The Morgan fingerprint density at radius 1 is 1.37 bits per heavy atom. The van der Waals surface area contributed by atoms with Gasteiger partial charge in [0.05, 0.1) is 5.69 Å². The first-order valence-corrected chi connectivity index (χ1v) is 7.42. The zero-order valence-corrected chi connectivity index (χ0v) is 13.0. The van der Waals surface area contributed by atoms with E-state index in [1.807, 2.05) is 13.2 Å². The molecule has 0 aliphatic heterocycles. The van der Waals surface area contributed by atoms with E-state index in [2.05, 4.69) is 43.4 Å². The van der Waals surface area contributed by atoms with Gasteiger partial charge < -0.3 is 5.32 Å². The summed E-state index contributed by atoms with van der Waals surface area (Å²) in [6.45, 7) is 7.12. The SMILES string of the molecule is CNC1CCC(C(C)(C)C)CC1Cc1cn(C)nn1. The molecule has 1 aliphatic carbocycles. The molecule has 0 amide bonds. The first kappa shape index (κ1) is 14.5. The molecular formula is C15H28N4. The second-order valence-corrected chi connectivity index (χ2v) is 7.12. The minimum absolute atomic E-state index is 0.416. The maximum absolute atomic E-state index is 4.25. The topological polar surface area (TPSA) is 42.7 Å². The van der Waals surface area contributed by atoms with Crippen molar-refractivity contribution < 1.29 is 0 Å². The van der Waals surface area contributed by atoms with Gasteiger partial charge in [-0.1, -0.05) is 26.0 Å². The van der Waals surface area contributed by atoms with E-state index in [4.69, 9.17) is 0 Å². The first-order chi connectivity index (χ1) is 8.90. The molecule has 0 radical (unpaired) electrons. The highest BCUT2D eigenvalue weighted by Gasteiger charge is 2.35. The summed E-state index contributed by atoms with van der Waals surface area (Å²) in [5.74, 6) is 1.50. The Morgan fingerprint density at radius 2 is 2.11 bits per heavy atom. The lowest BCUT2D eigenvalue weighted by atomic mass is 9.66. The van der Waals surface area contributed by atoms with E-state index < -0.39 is 0 Å². The monoisotopic (exact) mass is 264 g/mol. The normalized spacial score (nSPS) is 28.6. The van der Waals surface area contributed by atoms with E-state index in [1.165, 1.54) is 19.3 Å². The smallest absolute Gasteiger partial charge is 0.0830 e. The summed E-state index contributed by atoms with van der Waals surface area (Å²) in [5.41, 5.74) is 1.54. The molecule has 1 aromatic rings. The van der Waals surface area contributed by atoms with Gasteiger partial charge in [0.15, 0.2) is 0 Å². The molecule has 4 heteroatoms. The fourth-order valence-electron chi connectivity index (χ4n) is 3.41. The lowest BCUT2D eigenvalue weighted by Gasteiger charge is -2.41. The Bertz CT molecular complexity index is 405. The summed E-state index contributed by atoms with van der Waals surface area (Å²) < 4.78 is 1.80. The van der Waals surface area contributed by atoms with Gasteiger partial charge in [-0.3, -0.25) is 4.68 Å². The molecule has 4 nitrogen and oxygen atoms in total. The molecule has 0 aromatic carbocycles. The predicted molar refractivity (Wildman–Crippen MR) is 77.8 cm³/mol. The maximum Gasteiger partial charge on any atom is 0.0830 e. The molecule has 3 atom stereocenters. The highest BCUT2D eigenvalue weighted by molar-refractivity contribution is 4.99. The van der Waals surface area contributed by atoms with Gasteiger partial charge in [-0.25, -0.2) is 0 Å². The molecular weight excluding hydrogens is 236 g/mol. The maximum atomic E-state index is 4.25. The van der Waals surface area contributed by atoms with Crippen LogP contribution in [-0.4, -0.2) is 28.1 Å². The van der Waals surface area contributed by atoms with Gasteiger partial charge in [0.2, 0.25) is 0 Å². The first-order valence-electron chi connectivity index (χ1n) is 7.42. The molecule has 1 aliphatic rings. The van der Waals surface area contributed by atoms with Gasteiger partial charge in [-0.2, -0.15) is 0 Å². The largest absolute Gasteiger partial charge is 0.317 e. The van der Waals surface area contributed by atoms with Crippen LogP contribution in [0.3, 0.4) is 0 Å². The number of rotatable bonds is 3. The number of hydrogen-bond acceptors (Lipinski definition) is 3. The second-order valence-electron chi connectivity index (χ2n) is 7.12. The third-order valence-electron chi connectivity index (χ3n) is 4.70. The molecule has 3 unspecified atom stereocenters. The number of nitrogens with one attached hydrogen (secondary N) is 1. The van der Waals surface area contributed by atoms with Crippen molar-refractivity contribution in [3.63, 3.8) is 0 Å². The number of aryl methyl sites for hydroxylation is 1. The van der Waals surface area contributed by atoms with Gasteiger partial charge in [0.25, 0.3) is 0 Å². The highest BCUT2D eigenvalue weighted by atomic mass is 15.4. The van der Waals surface area contributed by atoms with Crippen molar-refractivity contribution in [2.24, 2.45) is 24.3 Å². The minimum Gasteiger partial charge on any atom is -0.317 e. The third-order valence-corrected chi connectivity index (χ3v) is 4.70. The molecule has 0 saturated heterocycles. The number of aromatic nitrogens is 3. The van der Waals surface area contributed by atoms with Gasteiger partial charge >= 0.3 is 0 Å². The minimum atomic E-state index is 0.416. The fraction of sp³-hybridized carbons (Fsp3) is 0.867. The van der Waals surface area contributed by atoms with E-state index >= 15 is 0 Å². The van der Waals surface area contributed by atoms with E-state index in [0.717, 1.165) is 18.0 Å². The Balaban J connectivity index is 2.05. The standard InChI is InChI=1S/C15H28N4/c1-15(2,3)12-6-7-14(16-4)11(8-12)9-13-10-19(5)18-17-13/h10-12,14,16H,6-9H2,1-5H3. The van der Waals surface area contributed by atoms with Crippen molar-refractivity contribution in [1.82, 2.24) is 20.3 Å². The van der Waals surface area contributed by atoms with Crippen LogP contribution in [-0.2, 0) is 13.5 Å². The van der Waals surface area contributed by atoms with Crippen molar-refractivity contribution >= 4 is 0 Å². The molecule has 1 fully saturated rings. The second kappa shape index (κ2) is 5.61. The molecule has 1 aromatic heterocycles. The zero-order valence-electron chi connectivity index (χ0n) is 13.0. The number of nitrogens with zero attached hydrogens (tertiary/aromatic N) is 3. The van der Waals surface area contributed by atoms with Crippen LogP contribution in [0.5, 0.6) is 0 Å². The van der Waals surface area contributed by atoms with Crippen LogP contribution in [0.1, 0.15) is 45.7 Å². The van der Waals surface area contributed by atoms with E-state index in [1.54, 1.807) is 4.68 Å². The van der Waals surface area contributed by atoms with E-state index in [9.17, 15) is 0 Å². The molecule has 1 N–H and O–H groups in total. The summed E-state index contributed by atoms with van der Waals surface area (Å²) in [4.78, 5) is 0. The Kier molecular flexibility index (Phi) is 4.29. The summed E-state index contributed by atoms with van der Waals surface area (Å²) in [6, 6.07) is 0.626. The van der Waals surface area contributed by atoms with Crippen molar-refractivity contribution in [2.75, 3.05) is 7.05 Å². The fourth-order valence-corrected chi connectivity index (χ4v) is 3.41. The molecule has 2 rings (SSSR count). The Morgan fingerprint density at radius 3 is 2.63 bits per heavy atom. The summed E-state index contributed by atoms with van der Waals surface area (Å²) in [7, 11) is 4.02. The van der Waals surface area contributed by atoms with Gasteiger partial charge in [-0.05, 0) is 50.0 Å². The lowest BCUT2D eigenvalue weighted by Crippen LogP contribution is -2.42. The van der Waals surface area contributed by atoms with E-state index in [-0.39, 0.29) is 0 Å². The van der Waals surface area contributed by atoms with Crippen LogP contribution < -0.4 is 5.32 Å². The zero-order chi connectivity index (χ0) is 14.0. The molecule has 1 saturated carbocycles. The molecule has 0 spiro atoms. The van der Waals surface area contributed by atoms with Crippen LogP contribution in [0.25, 0.3) is 0 Å². The molecule has 19 heavy (non-hydrogen) atoms. The highest BCUT2D eigenvalue weighted by Crippen LogP contribution is 2.41. The van der Waals surface area contributed by atoms with Crippen molar-refractivity contribution in [3.8, 4) is 0 Å². The average Bonchev–Trinajstić information content (AvgIpc) is 2.73. The van der Waals surface area contributed by atoms with Crippen LogP contribution in [0.4, 0.5) is 0 Å². The lowest BCUT2D eigenvalue weighted by molar-refractivity contribution is 0.116. The van der Waals surface area contributed by atoms with Crippen LogP contribution >= 0.6 is 0 Å². The van der Waals surface area contributed by atoms with Gasteiger partial charge in [-0.15, -0.1) is 5.10 Å². The van der Waals surface area contributed by atoms with Crippen LogP contribution in [0.15, 0.2) is 6.20 Å². The van der Waals surface area contributed by atoms with Gasteiger partial charge in [0, 0.05) is 19.3 Å². The molecule has 108 valence electrons. The van der Waals surface area contributed by atoms with Crippen LogP contribution in [0, 0.1) is 17.3 Å². The average molecular weight is 264 g/mol. The summed E-state index contributed by atoms with van der Waals surface area (Å²) >= 11 is 0. The van der Waals surface area contributed by atoms with Gasteiger partial charge in [0.1, 0.15) is 0 Å². The van der Waals surface area contributed by atoms with Crippen LogP contribution in [0.2, 0.25) is 0 Å². The summed E-state index contributed by atoms with van der Waals surface area (Å²) in [5, 5.41) is 11.8. The Hall–Kier alpha value is -0.900. The van der Waals surface area contributed by atoms with Crippen molar-refractivity contribution in [3.05, 3.63) is 11.9 Å². The Labute approximate surface area is 117 Å². The molecule has 0 bridgehead atoms. The molecule has 1 heterocycles.